The van der Waals surface area contributed by atoms with Crippen LogP contribution in [0.2, 0.25) is 0 Å². The van der Waals surface area contributed by atoms with Crippen LogP contribution in [0, 0.1) is 0 Å². The van der Waals surface area contributed by atoms with Crippen molar-refractivity contribution in [3.8, 4) is 11.6 Å². The zero-order valence-electron chi connectivity index (χ0n) is 12.5. The molecule has 1 unspecified atom stereocenters. The molecule has 2 rings (SSSR count). The van der Waals surface area contributed by atoms with E-state index in [1.807, 2.05) is 36.4 Å². The van der Waals surface area contributed by atoms with Gasteiger partial charge in [0.2, 0.25) is 5.88 Å². The van der Waals surface area contributed by atoms with Gasteiger partial charge >= 0.3 is 0 Å². The second-order valence-electron chi connectivity index (χ2n) is 4.86. The third kappa shape index (κ3) is 4.03. The summed E-state index contributed by atoms with van der Waals surface area (Å²) < 4.78 is 6.00. The largest absolute Gasteiger partial charge is 0.438 e. The fourth-order valence-corrected chi connectivity index (χ4v) is 2.27. The second kappa shape index (κ2) is 7.76. The van der Waals surface area contributed by atoms with Crippen molar-refractivity contribution in [1.29, 1.82) is 0 Å². The number of para-hydroxylation sites is 1. The third-order valence-corrected chi connectivity index (χ3v) is 3.34. The summed E-state index contributed by atoms with van der Waals surface area (Å²) in [6, 6.07) is 11.8. The summed E-state index contributed by atoms with van der Waals surface area (Å²) >= 11 is 0. The molecule has 1 heterocycles. The number of aromatic nitrogens is 1. The normalized spacial score (nSPS) is 12.1. The van der Waals surface area contributed by atoms with E-state index >= 15 is 0 Å². The number of ether oxygens (including phenoxy) is 1. The molecule has 2 N–H and O–H groups in total. The highest BCUT2D eigenvalue weighted by Crippen LogP contribution is 2.29. The van der Waals surface area contributed by atoms with Crippen LogP contribution in [0.3, 0.4) is 0 Å². The Morgan fingerprint density at radius 1 is 1.24 bits per heavy atom. The summed E-state index contributed by atoms with van der Waals surface area (Å²) in [6.07, 6.45) is 2.30. The number of hydrogen-bond acceptors (Lipinski definition) is 4. The van der Waals surface area contributed by atoms with Gasteiger partial charge in [-0.2, -0.15) is 0 Å². The molecule has 0 bridgehead atoms. The first-order valence-electron chi connectivity index (χ1n) is 7.31. The van der Waals surface area contributed by atoms with E-state index < -0.39 is 0 Å². The van der Waals surface area contributed by atoms with Crippen molar-refractivity contribution in [2.45, 2.75) is 26.3 Å². The van der Waals surface area contributed by atoms with Crippen molar-refractivity contribution >= 4 is 0 Å². The Balaban J connectivity index is 2.27. The lowest BCUT2D eigenvalue weighted by Crippen LogP contribution is -2.18. The minimum atomic E-state index is 0.100. The molecule has 0 aliphatic rings. The predicted molar refractivity (Wildman–Crippen MR) is 83.6 cm³/mol. The standard InChI is InChI=1S/C17H22N2O2/c1-3-18-13(2)15-8-6-11-19-17(15)21-16-9-5-4-7-14(16)10-12-20/h4-9,11,13,18,20H,3,10,12H2,1-2H3. The minimum Gasteiger partial charge on any atom is -0.438 e. The van der Waals surface area contributed by atoms with Crippen LogP contribution in [0.15, 0.2) is 42.6 Å². The molecule has 0 radical (unpaired) electrons. The van der Waals surface area contributed by atoms with Crippen LogP contribution in [0.4, 0.5) is 0 Å². The van der Waals surface area contributed by atoms with Gasteiger partial charge in [0.15, 0.2) is 0 Å². The molecule has 0 amide bonds. The Labute approximate surface area is 125 Å². The highest BCUT2D eigenvalue weighted by Gasteiger charge is 2.13. The van der Waals surface area contributed by atoms with E-state index in [9.17, 15) is 0 Å². The van der Waals surface area contributed by atoms with Gasteiger partial charge in [0, 0.05) is 24.4 Å². The number of pyridine rings is 1. The molecule has 1 aromatic carbocycles. The summed E-state index contributed by atoms with van der Waals surface area (Å²) in [5, 5.41) is 12.5. The van der Waals surface area contributed by atoms with Gasteiger partial charge in [-0.3, -0.25) is 0 Å². The van der Waals surface area contributed by atoms with Crippen molar-refractivity contribution in [2.24, 2.45) is 0 Å². The first-order valence-corrected chi connectivity index (χ1v) is 7.31. The maximum Gasteiger partial charge on any atom is 0.223 e. The highest BCUT2D eigenvalue weighted by molar-refractivity contribution is 5.39. The Morgan fingerprint density at radius 2 is 2.05 bits per heavy atom. The molecule has 112 valence electrons. The van der Waals surface area contributed by atoms with Crippen LogP contribution in [0.5, 0.6) is 11.6 Å². The monoisotopic (exact) mass is 286 g/mol. The minimum absolute atomic E-state index is 0.100. The van der Waals surface area contributed by atoms with E-state index in [1.165, 1.54) is 0 Å². The lowest BCUT2D eigenvalue weighted by Gasteiger charge is -2.17. The summed E-state index contributed by atoms with van der Waals surface area (Å²) in [5.74, 6) is 1.35. The Bertz CT molecular complexity index is 572. The molecule has 4 heteroatoms. The lowest BCUT2D eigenvalue weighted by molar-refractivity contribution is 0.297. The molecule has 0 saturated carbocycles. The van der Waals surface area contributed by atoms with E-state index in [4.69, 9.17) is 9.84 Å². The van der Waals surface area contributed by atoms with E-state index in [0.29, 0.717) is 12.3 Å². The zero-order valence-corrected chi connectivity index (χ0v) is 12.5. The molecule has 2 aromatic rings. The number of rotatable bonds is 7. The molecule has 21 heavy (non-hydrogen) atoms. The zero-order chi connectivity index (χ0) is 15.1. The lowest BCUT2D eigenvalue weighted by atomic mass is 10.1. The molecule has 0 spiro atoms. The first-order chi connectivity index (χ1) is 10.3. The summed E-state index contributed by atoms with van der Waals surface area (Å²) in [5.41, 5.74) is 2.01. The highest BCUT2D eigenvalue weighted by atomic mass is 16.5. The number of aliphatic hydroxyl groups is 1. The number of benzene rings is 1. The predicted octanol–water partition coefficient (Wildman–Crippen LogP) is 3.08. The van der Waals surface area contributed by atoms with Gasteiger partial charge in [-0.05, 0) is 37.6 Å². The van der Waals surface area contributed by atoms with E-state index in [-0.39, 0.29) is 12.6 Å². The fourth-order valence-electron chi connectivity index (χ4n) is 2.27. The summed E-state index contributed by atoms with van der Waals surface area (Å²) in [7, 11) is 0. The number of nitrogens with one attached hydrogen (secondary N) is 1. The van der Waals surface area contributed by atoms with Gasteiger partial charge in [0.05, 0.1) is 0 Å². The van der Waals surface area contributed by atoms with Crippen LogP contribution in [0.25, 0.3) is 0 Å². The summed E-state index contributed by atoms with van der Waals surface area (Å²) in [6.45, 7) is 5.15. The van der Waals surface area contributed by atoms with Crippen LogP contribution >= 0.6 is 0 Å². The van der Waals surface area contributed by atoms with Crippen LogP contribution < -0.4 is 10.1 Å². The van der Waals surface area contributed by atoms with E-state index in [2.05, 4.69) is 24.1 Å². The first kappa shape index (κ1) is 15.5. The molecular weight excluding hydrogens is 264 g/mol. The molecule has 0 aliphatic carbocycles. The average Bonchev–Trinajstić information content (AvgIpc) is 2.50. The van der Waals surface area contributed by atoms with Crippen molar-refractivity contribution in [3.05, 3.63) is 53.7 Å². The van der Waals surface area contributed by atoms with Crippen molar-refractivity contribution in [1.82, 2.24) is 10.3 Å². The molecule has 0 aliphatic heterocycles. The Hall–Kier alpha value is -1.91. The van der Waals surface area contributed by atoms with Gasteiger partial charge in [-0.1, -0.05) is 31.2 Å². The maximum absolute atomic E-state index is 9.14. The van der Waals surface area contributed by atoms with Gasteiger partial charge in [-0.15, -0.1) is 0 Å². The topological polar surface area (TPSA) is 54.4 Å². The quantitative estimate of drug-likeness (QED) is 0.821. The Morgan fingerprint density at radius 3 is 2.81 bits per heavy atom. The molecule has 1 atom stereocenters. The fraction of sp³-hybridized carbons (Fsp3) is 0.353. The van der Waals surface area contributed by atoms with Gasteiger partial charge in [0.1, 0.15) is 5.75 Å². The number of nitrogens with zero attached hydrogens (tertiary/aromatic N) is 1. The van der Waals surface area contributed by atoms with E-state index in [0.717, 1.165) is 23.4 Å². The van der Waals surface area contributed by atoms with Crippen molar-refractivity contribution in [2.75, 3.05) is 13.2 Å². The Kier molecular flexibility index (Phi) is 5.72. The maximum atomic E-state index is 9.14. The SMILES string of the molecule is CCNC(C)c1cccnc1Oc1ccccc1CCO. The van der Waals surface area contributed by atoms with Gasteiger partial charge in [0.25, 0.3) is 0 Å². The van der Waals surface area contributed by atoms with Crippen LogP contribution in [0.1, 0.15) is 31.0 Å². The smallest absolute Gasteiger partial charge is 0.223 e. The van der Waals surface area contributed by atoms with Crippen LogP contribution in [-0.2, 0) is 6.42 Å². The summed E-state index contributed by atoms with van der Waals surface area (Å²) in [4.78, 5) is 4.35. The van der Waals surface area contributed by atoms with Crippen LogP contribution in [-0.4, -0.2) is 23.2 Å². The second-order valence-corrected chi connectivity index (χ2v) is 4.86. The van der Waals surface area contributed by atoms with Crippen molar-refractivity contribution < 1.29 is 9.84 Å². The third-order valence-electron chi connectivity index (χ3n) is 3.34. The van der Waals surface area contributed by atoms with Gasteiger partial charge in [-0.25, -0.2) is 4.98 Å². The van der Waals surface area contributed by atoms with Crippen molar-refractivity contribution in [3.63, 3.8) is 0 Å². The molecule has 0 fully saturated rings. The number of hydrogen-bond donors (Lipinski definition) is 2. The number of aliphatic hydroxyl groups excluding tert-OH is 1. The molecule has 0 saturated heterocycles. The molecular formula is C17H22N2O2. The average molecular weight is 286 g/mol. The van der Waals surface area contributed by atoms with Gasteiger partial charge < -0.3 is 15.2 Å². The molecule has 1 aromatic heterocycles. The van der Waals surface area contributed by atoms with E-state index in [1.54, 1.807) is 6.20 Å². The molecule has 4 nitrogen and oxygen atoms in total.